The molecule has 2 aliphatic heterocycles. The van der Waals surface area contributed by atoms with Gasteiger partial charge in [-0.3, -0.25) is 9.59 Å². The van der Waals surface area contributed by atoms with Gasteiger partial charge in [-0.1, -0.05) is 48.6 Å². The average molecular weight is 372 g/mol. The third kappa shape index (κ3) is 2.37. The third-order valence-electron chi connectivity index (χ3n) is 6.44. The van der Waals surface area contributed by atoms with Gasteiger partial charge in [-0.25, -0.2) is 0 Å². The maximum Gasteiger partial charge on any atom is 0.235 e. The van der Waals surface area contributed by atoms with Gasteiger partial charge in [-0.05, 0) is 49.9 Å². The van der Waals surface area contributed by atoms with Crippen molar-refractivity contribution in [2.75, 3.05) is 9.80 Å². The van der Waals surface area contributed by atoms with Crippen molar-refractivity contribution >= 4 is 23.2 Å². The fraction of sp³-hybridized carbons (Fsp3) is 0.333. The van der Waals surface area contributed by atoms with Crippen LogP contribution in [0.2, 0.25) is 0 Å². The molecule has 0 aromatic heterocycles. The van der Waals surface area contributed by atoms with E-state index in [4.69, 9.17) is 0 Å². The topological polar surface area (TPSA) is 40.6 Å². The van der Waals surface area contributed by atoms with E-state index in [1.807, 2.05) is 46.2 Å². The molecule has 28 heavy (non-hydrogen) atoms. The molecule has 4 heteroatoms. The van der Waals surface area contributed by atoms with E-state index in [2.05, 4.69) is 32.6 Å². The minimum Gasteiger partial charge on any atom is -0.308 e. The minimum atomic E-state index is -0.402. The van der Waals surface area contributed by atoms with Gasteiger partial charge >= 0.3 is 0 Å². The molecule has 2 aromatic carbocycles. The van der Waals surface area contributed by atoms with E-state index in [1.54, 1.807) is 0 Å². The van der Waals surface area contributed by atoms with Gasteiger partial charge in [0.25, 0.3) is 0 Å². The van der Waals surface area contributed by atoms with Crippen LogP contribution in [0.1, 0.15) is 25.0 Å². The van der Waals surface area contributed by atoms with E-state index in [0.717, 1.165) is 29.8 Å². The molecule has 1 fully saturated rings. The van der Waals surface area contributed by atoms with Crippen molar-refractivity contribution in [3.63, 3.8) is 0 Å². The number of para-hydroxylation sites is 2. The second-order valence-electron chi connectivity index (χ2n) is 8.31. The maximum atomic E-state index is 13.3. The number of hydrogen-bond acceptors (Lipinski definition) is 2. The number of rotatable bonds is 2. The molecule has 0 radical (unpaired) electrons. The molecule has 0 spiro atoms. The van der Waals surface area contributed by atoms with Crippen molar-refractivity contribution < 1.29 is 9.59 Å². The highest BCUT2D eigenvalue weighted by molar-refractivity contribution is 6.11. The summed E-state index contributed by atoms with van der Waals surface area (Å²) in [5.41, 5.74) is 5.10. The van der Waals surface area contributed by atoms with Crippen LogP contribution in [0.5, 0.6) is 0 Å². The zero-order valence-corrected chi connectivity index (χ0v) is 16.3. The molecule has 0 N–H and O–H groups in total. The number of anilines is 2. The molecule has 142 valence electrons. The van der Waals surface area contributed by atoms with Crippen LogP contribution in [-0.4, -0.2) is 23.9 Å². The standard InChI is InChI=1S/C24H24N2O2/c1-14-12-17-8-4-6-10-19(17)25(14)23(27)21-16(3)22(21)24(28)26-15(2)13-18-9-5-7-11-20(18)26/h4-11,14-15,21-22H,3,12-13H2,1-2H3/t14-,15+,21-,22-/m0/s1. The van der Waals surface area contributed by atoms with Gasteiger partial charge in [0.1, 0.15) is 0 Å². The van der Waals surface area contributed by atoms with Crippen molar-refractivity contribution in [1.29, 1.82) is 0 Å². The quantitative estimate of drug-likeness (QED) is 0.754. The molecule has 3 aliphatic rings. The summed E-state index contributed by atoms with van der Waals surface area (Å²) in [7, 11) is 0. The second-order valence-corrected chi connectivity index (χ2v) is 8.31. The summed E-state index contributed by atoms with van der Waals surface area (Å²) in [6.07, 6.45) is 1.71. The van der Waals surface area contributed by atoms with E-state index in [1.165, 1.54) is 11.1 Å². The van der Waals surface area contributed by atoms with E-state index in [9.17, 15) is 9.59 Å². The Labute approximate surface area is 165 Å². The van der Waals surface area contributed by atoms with Gasteiger partial charge < -0.3 is 9.80 Å². The highest BCUT2D eigenvalue weighted by Gasteiger charge is 2.57. The Morgan fingerprint density at radius 3 is 1.61 bits per heavy atom. The number of carbonyl (C=O) groups excluding carboxylic acids is 2. The van der Waals surface area contributed by atoms with Crippen molar-refractivity contribution in [1.82, 2.24) is 0 Å². The van der Waals surface area contributed by atoms with Crippen LogP contribution in [0.15, 0.2) is 60.7 Å². The number of nitrogens with zero attached hydrogens (tertiary/aromatic N) is 2. The first-order valence-electron chi connectivity index (χ1n) is 9.99. The summed E-state index contributed by atoms with van der Waals surface area (Å²) < 4.78 is 0. The molecule has 4 nitrogen and oxygen atoms in total. The van der Waals surface area contributed by atoms with Gasteiger partial charge in [-0.2, -0.15) is 0 Å². The largest absolute Gasteiger partial charge is 0.308 e. The van der Waals surface area contributed by atoms with Gasteiger partial charge in [0.15, 0.2) is 0 Å². The molecular formula is C24H24N2O2. The number of fused-ring (bicyclic) bond motifs is 2. The van der Waals surface area contributed by atoms with E-state index in [0.29, 0.717) is 0 Å². The monoisotopic (exact) mass is 372 g/mol. The SMILES string of the molecule is C=C1[C@H](C(=O)N2c3ccccc3C[C@H]2C)[C@H]1C(=O)N1c2ccccc2C[C@@H]1C. The Hall–Kier alpha value is -2.88. The van der Waals surface area contributed by atoms with E-state index < -0.39 is 11.8 Å². The first-order chi connectivity index (χ1) is 13.5. The molecule has 0 saturated heterocycles. The smallest absolute Gasteiger partial charge is 0.235 e. The Kier molecular flexibility index (Phi) is 3.73. The zero-order valence-electron chi connectivity index (χ0n) is 16.3. The van der Waals surface area contributed by atoms with Crippen LogP contribution in [0, 0.1) is 11.8 Å². The third-order valence-corrected chi connectivity index (χ3v) is 6.44. The highest BCUT2D eigenvalue weighted by atomic mass is 16.2. The summed E-state index contributed by atoms with van der Waals surface area (Å²) in [5, 5.41) is 0. The van der Waals surface area contributed by atoms with Gasteiger partial charge in [0, 0.05) is 23.5 Å². The Bertz CT molecular complexity index is 932. The van der Waals surface area contributed by atoms with E-state index in [-0.39, 0.29) is 23.9 Å². The van der Waals surface area contributed by atoms with Crippen LogP contribution in [-0.2, 0) is 22.4 Å². The summed E-state index contributed by atoms with van der Waals surface area (Å²) in [5.74, 6) is -0.774. The zero-order chi connectivity index (χ0) is 19.6. The van der Waals surface area contributed by atoms with Crippen molar-refractivity contribution in [3.8, 4) is 0 Å². The molecule has 2 heterocycles. The molecule has 4 atom stereocenters. The summed E-state index contributed by atoms with van der Waals surface area (Å²) in [6.45, 7) is 8.22. The first kappa shape index (κ1) is 17.2. The Morgan fingerprint density at radius 2 is 1.18 bits per heavy atom. The predicted octanol–water partition coefficient (Wildman–Crippen LogP) is 3.74. The molecule has 1 aliphatic carbocycles. The minimum absolute atomic E-state index is 0.0148. The fourth-order valence-corrected chi connectivity index (χ4v) is 5.02. The number of carbonyl (C=O) groups is 2. The summed E-state index contributed by atoms with van der Waals surface area (Å²) >= 11 is 0. The van der Waals surface area contributed by atoms with Gasteiger partial charge in [0.05, 0.1) is 11.8 Å². The van der Waals surface area contributed by atoms with Gasteiger partial charge in [-0.15, -0.1) is 0 Å². The molecule has 0 bridgehead atoms. The number of hydrogen-bond donors (Lipinski definition) is 0. The first-order valence-corrected chi connectivity index (χ1v) is 9.99. The molecule has 1 saturated carbocycles. The lowest BCUT2D eigenvalue weighted by molar-refractivity contribution is -0.124. The van der Waals surface area contributed by atoms with Gasteiger partial charge in [0.2, 0.25) is 11.8 Å². The molecule has 5 rings (SSSR count). The van der Waals surface area contributed by atoms with E-state index >= 15 is 0 Å². The summed E-state index contributed by atoms with van der Waals surface area (Å²) in [6, 6.07) is 16.3. The van der Waals surface area contributed by atoms with Crippen molar-refractivity contribution in [3.05, 3.63) is 71.8 Å². The van der Waals surface area contributed by atoms with Crippen molar-refractivity contribution in [2.45, 2.75) is 38.8 Å². The maximum absolute atomic E-state index is 13.3. The lowest BCUT2D eigenvalue weighted by Gasteiger charge is -2.24. The molecule has 0 unspecified atom stereocenters. The number of amides is 2. The normalized spacial score (nSPS) is 27.6. The Morgan fingerprint density at radius 1 is 0.786 bits per heavy atom. The van der Waals surface area contributed by atoms with Crippen LogP contribution >= 0.6 is 0 Å². The Balaban J connectivity index is 1.40. The predicted molar refractivity (Wildman–Crippen MR) is 110 cm³/mol. The molecule has 2 amide bonds. The highest BCUT2D eigenvalue weighted by Crippen LogP contribution is 2.50. The summed E-state index contributed by atoms with van der Waals surface area (Å²) in [4.78, 5) is 30.4. The van der Waals surface area contributed by atoms with Crippen LogP contribution < -0.4 is 9.80 Å². The van der Waals surface area contributed by atoms with Crippen molar-refractivity contribution in [2.24, 2.45) is 11.8 Å². The lowest BCUT2D eigenvalue weighted by Crippen LogP contribution is -2.40. The molecule has 2 aromatic rings. The average Bonchev–Trinajstić information content (AvgIpc) is 3.05. The van der Waals surface area contributed by atoms with Crippen LogP contribution in [0.4, 0.5) is 11.4 Å². The van der Waals surface area contributed by atoms with Crippen LogP contribution in [0.25, 0.3) is 0 Å². The molecular weight excluding hydrogens is 348 g/mol. The second kappa shape index (κ2) is 6.06. The lowest BCUT2D eigenvalue weighted by atomic mass is 10.1. The fourth-order valence-electron chi connectivity index (χ4n) is 5.02. The number of benzene rings is 2. The van der Waals surface area contributed by atoms with Crippen LogP contribution in [0.3, 0.4) is 0 Å².